The monoisotopic (exact) mass is 422 g/mol. The topological polar surface area (TPSA) is 32.3 Å². The number of amides is 1. The summed E-state index contributed by atoms with van der Waals surface area (Å²) in [6.07, 6.45) is -3.56. The van der Waals surface area contributed by atoms with Crippen LogP contribution in [0.2, 0.25) is 5.02 Å². The summed E-state index contributed by atoms with van der Waals surface area (Å²) in [5, 5.41) is 2.48. The van der Waals surface area contributed by atoms with Crippen LogP contribution in [0.4, 0.5) is 18.9 Å². The molecule has 2 aromatic rings. The number of alkyl halides is 3. The second-order valence-electron chi connectivity index (χ2n) is 6.37. The fourth-order valence-corrected chi connectivity index (χ4v) is 2.89. The van der Waals surface area contributed by atoms with Gasteiger partial charge in [-0.05, 0) is 55.4 Å². The van der Waals surface area contributed by atoms with E-state index in [9.17, 15) is 18.0 Å². The molecule has 0 spiro atoms. The quantitative estimate of drug-likeness (QED) is 0.646. The van der Waals surface area contributed by atoms with Crippen molar-refractivity contribution in [2.45, 2.75) is 26.4 Å². The average Bonchev–Trinajstić information content (AvgIpc) is 2.68. The summed E-state index contributed by atoms with van der Waals surface area (Å²) in [6, 6.07) is 10.3. The lowest BCUT2D eigenvalue weighted by Crippen LogP contribution is -2.25. The smallest absolute Gasteiger partial charge is 0.315 e. The Morgan fingerprint density at radius 2 is 1.76 bits per heavy atom. The Morgan fingerprint density at radius 3 is 2.31 bits per heavy atom. The van der Waals surface area contributed by atoms with Crippen LogP contribution in [0, 0.1) is 11.8 Å². The maximum atomic E-state index is 12.6. The van der Waals surface area contributed by atoms with Crippen molar-refractivity contribution in [2.75, 3.05) is 25.0 Å². The van der Waals surface area contributed by atoms with Gasteiger partial charge in [0.15, 0.2) is 0 Å². The molecule has 1 amide bonds. The molecule has 0 aliphatic carbocycles. The molecule has 2 aromatic carbocycles. The number of nitrogens with zero attached hydrogens (tertiary/aromatic N) is 1. The maximum absolute atomic E-state index is 12.6. The molecule has 0 unspecified atom stereocenters. The van der Waals surface area contributed by atoms with E-state index >= 15 is 0 Å². The second kappa shape index (κ2) is 10.3. The molecule has 0 saturated carbocycles. The van der Waals surface area contributed by atoms with E-state index in [0.29, 0.717) is 5.69 Å². The second-order valence-corrected chi connectivity index (χ2v) is 6.78. The molecule has 0 heterocycles. The van der Waals surface area contributed by atoms with E-state index in [1.165, 1.54) is 0 Å². The number of nitrogens with one attached hydrogen (secondary N) is 1. The van der Waals surface area contributed by atoms with Gasteiger partial charge in [-0.3, -0.25) is 4.79 Å². The summed E-state index contributed by atoms with van der Waals surface area (Å²) in [5.41, 5.74) is 1.05. The number of carbonyl (C=O) groups is 1. The first-order chi connectivity index (χ1) is 13.7. The zero-order valence-corrected chi connectivity index (χ0v) is 17.0. The summed E-state index contributed by atoms with van der Waals surface area (Å²) < 4.78 is 37.9. The molecular formula is C22H22ClF3N2O. The Morgan fingerprint density at radius 1 is 1.10 bits per heavy atom. The third-order valence-corrected chi connectivity index (χ3v) is 4.74. The molecule has 0 saturated heterocycles. The highest BCUT2D eigenvalue weighted by atomic mass is 35.5. The maximum Gasteiger partial charge on any atom is 0.416 e. The number of hydrogen-bond acceptors (Lipinski definition) is 2. The van der Waals surface area contributed by atoms with Crippen molar-refractivity contribution in [1.82, 2.24) is 4.90 Å². The van der Waals surface area contributed by atoms with Crippen LogP contribution in [0.1, 0.15) is 30.5 Å². The van der Waals surface area contributed by atoms with E-state index in [0.717, 1.165) is 49.8 Å². The highest BCUT2D eigenvalue weighted by molar-refractivity contribution is 6.31. The number of carbonyl (C=O) groups excluding carboxylic acids is 1. The van der Waals surface area contributed by atoms with E-state index < -0.39 is 17.6 Å². The molecular weight excluding hydrogens is 401 g/mol. The summed E-state index contributed by atoms with van der Waals surface area (Å²) in [6.45, 7) is 7.23. The number of halogens is 4. The number of hydrogen-bond donors (Lipinski definition) is 1. The SMILES string of the molecule is CCN(CC)CCc1ccc(NC(=O)C#Cc2ccc(C(F)(F)F)cc2Cl)cc1. The normalized spacial score (nSPS) is 11.1. The van der Waals surface area contributed by atoms with E-state index in [2.05, 4.69) is 35.9 Å². The van der Waals surface area contributed by atoms with Crippen molar-refractivity contribution in [3.05, 3.63) is 64.2 Å². The predicted octanol–water partition coefficient (Wildman–Crippen LogP) is 5.23. The molecule has 0 radical (unpaired) electrons. The molecule has 0 atom stereocenters. The van der Waals surface area contributed by atoms with Gasteiger partial charge >= 0.3 is 12.1 Å². The molecule has 2 rings (SSSR count). The van der Waals surface area contributed by atoms with Gasteiger partial charge < -0.3 is 10.2 Å². The van der Waals surface area contributed by atoms with Crippen LogP contribution in [0.5, 0.6) is 0 Å². The minimum atomic E-state index is -4.48. The van der Waals surface area contributed by atoms with E-state index in [4.69, 9.17) is 11.6 Å². The van der Waals surface area contributed by atoms with Gasteiger partial charge in [0, 0.05) is 23.7 Å². The van der Waals surface area contributed by atoms with Crippen LogP contribution in [0.15, 0.2) is 42.5 Å². The first kappa shape index (κ1) is 22.8. The van der Waals surface area contributed by atoms with Crippen molar-refractivity contribution in [1.29, 1.82) is 0 Å². The van der Waals surface area contributed by atoms with Crippen LogP contribution in [-0.4, -0.2) is 30.4 Å². The summed E-state index contributed by atoms with van der Waals surface area (Å²) in [7, 11) is 0. The highest BCUT2D eigenvalue weighted by Gasteiger charge is 2.30. The molecule has 1 N–H and O–H groups in total. The van der Waals surface area contributed by atoms with Gasteiger partial charge in [-0.1, -0.05) is 43.5 Å². The molecule has 0 aliphatic heterocycles. The first-order valence-corrected chi connectivity index (χ1v) is 9.61. The van der Waals surface area contributed by atoms with E-state index in [-0.39, 0.29) is 10.6 Å². The Labute approximate surface area is 173 Å². The van der Waals surface area contributed by atoms with E-state index in [1.54, 1.807) is 12.1 Å². The minimum Gasteiger partial charge on any atom is -0.315 e. The van der Waals surface area contributed by atoms with Crippen LogP contribution < -0.4 is 5.32 Å². The Balaban J connectivity index is 1.96. The third-order valence-electron chi connectivity index (χ3n) is 4.43. The van der Waals surface area contributed by atoms with Gasteiger partial charge in [0.05, 0.1) is 10.6 Å². The van der Waals surface area contributed by atoms with Crippen molar-refractivity contribution < 1.29 is 18.0 Å². The number of anilines is 1. The van der Waals surface area contributed by atoms with Gasteiger partial charge in [0.2, 0.25) is 0 Å². The lowest BCUT2D eigenvalue weighted by Gasteiger charge is -2.17. The van der Waals surface area contributed by atoms with Crippen molar-refractivity contribution in [2.24, 2.45) is 0 Å². The Bertz CT molecular complexity index is 895. The van der Waals surface area contributed by atoms with Crippen molar-refractivity contribution in [3.63, 3.8) is 0 Å². The van der Waals surface area contributed by atoms with Crippen LogP contribution in [0.3, 0.4) is 0 Å². The van der Waals surface area contributed by atoms with Gasteiger partial charge in [-0.25, -0.2) is 0 Å². The van der Waals surface area contributed by atoms with Crippen LogP contribution in [-0.2, 0) is 17.4 Å². The molecule has 29 heavy (non-hydrogen) atoms. The Kier molecular flexibility index (Phi) is 8.12. The van der Waals surface area contributed by atoms with Gasteiger partial charge in [0.25, 0.3) is 0 Å². The van der Waals surface area contributed by atoms with Crippen molar-refractivity contribution >= 4 is 23.2 Å². The Hall–Kier alpha value is -2.49. The molecule has 0 fully saturated rings. The average molecular weight is 423 g/mol. The van der Waals surface area contributed by atoms with E-state index in [1.807, 2.05) is 12.1 Å². The predicted molar refractivity (Wildman–Crippen MR) is 110 cm³/mol. The first-order valence-electron chi connectivity index (χ1n) is 9.24. The molecule has 154 valence electrons. The summed E-state index contributed by atoms with van der Waals surface area (Å²) >= 11 is 5.83. The van der Waals surface area contributed by atoms with Gasteiger partial charge in [0.1, 0.15) is 0 Å². The third kappa shape index (κ3) is 7.12. The van der Waals surface area contributed by atoms with Crippen LogP contribution >= 0.6 is 11.6 Å². The lowest BCUT2D eigenvalue weighted by molar-refractivity contribution is -0.137. The fourth-order valence-electron chi connectivity index (χ4n) is 2.66. The molecule has 0 aliphatic rings. The molecule has 0 bridgehead atoms. The van der Waals surface area contributed by atoms with Gasteiger partial charge in [-0.2, -0.15) is 13.2 Å². The number of likely N-dealkylation sites (N-methyl/N-ethyl adjacent to an activating group) is 1. The molecule has 0 aromatic heterocycles. The standard InChI is InChI=1S/C22H22ClF3N2O/c1-3-28(4-2)14-13-16-5-10-19(11-6-16)27-21(29)12-8-17-7-9-18(15-20(17)23)22(24,25)26/h5-7,9-11,15H,3-4,13-14H2,1-2H3,(H,27,29). The minimum absolute atomic E-state index is 0.154. The summed E-state index contributed by atoms with van der Waals surface area (Å²) in [5.74, 6) is 4.27. The lowest BCUT2D eigenvalue weighted by atomic mass is 10.1. The fraction of sp³-hybridized carbons (Fsp3) is 0.318. The zero-order chi connectivity index (χ0) is 21.4. The molecule has 7 heteroatoms. The van der Waals surface area contributed by atoms with Crippen molar-refractivity contribution in [3.8, 4) is 11.8 Å². The zero-order valence-electron chi connectivity index (χ0n) is 16.2. The number of rotatable bonds is 6. The summed E-state index contributed by atoms with van der Waals surface area (Å²) in [4.78, 5) is 14.3. The van der Waals surface area contributed by atoms with Gasteiger partial charge in [-0.15, -0.1) is 0 Å². The van der Waals surface area contributed by atoms with Crippen LogP contribution in [0.25, 0.3) is 0 Å². The number of benzene rings is 2. The highest BCUT2D eigenvalue weighted by Crippen LogP contribution is 2.31. The largest absolute Gasteiger partial charge is 0.416 e. The molecule has 3 nitrogen and oxygen atoms in total.